The van der Waals surface area contributed by atoms with Gasteiger partial charge in [0.2, 0.25) is 5.91 Å². The van der Waals surface area contributed by atoms with Gasteiger partial charge in [0.25, 0.3) is 0 Å². The Kier molecular flexibility index (Phi) is 4.66. The molecule has 134 valence electrons. The van der Waals surface area contributed by atoms with Gasteiger partial charge in [0.1, 0.15) is 12.4 Å². The number of halogens is 1. The molecule has 0 unspecified atom stereocenters. The zero-order valence-corrected chi connectivity index (χ0v) is 14.6. The van der Waals surface area contributed by atoms with Gasteiger partial charge in [-0.1, -0.05) is 48.5 Å². The number of nitrogens with zero attached hydrogens (tertiary/aromatic N) is 2. The van der Waals surface area contributed by atoms with Crippen molar-refractivity contribution in [2.45, 2.75) is 13.1 Å². The second-order valence-corrected chi connectivity index (χ2v) is 6.26. The lowest BCUT2D eigenvalue weighted by Gasteiger charge is -2.12. The molecule has 0 atom stereocenters. The maximum Gasteiger partial charge on any atom is 0.240 e. The van der Waals surface area contributed by atoms with E-state index in [1.165, 1.54) is 6.07 Å². The van der Waals surface area contributed by atoms with E-state index in [1.54, 1.807) is 16.8 Å². The molecule has 0 fully saturated rings. The highest BCUT2D eigenvalue weighted by atomic mass is 19.1. The minimum atomic E-state index is -0.341. The summed E-state index contributed by atoms with van der Waals surface area (Å²) in [5.74, 6) is -0.536. The number of carbonyl (C=O) groups is 1. The summed E-state index contributed by atoms with van der Waals surface area (Å²) >= 11 is 0. The van der Waals surface area contributed by atoms with Gasteiger partial charge in [0.05, 0.1) is 17.8 Å². The molecule has 2 aromatic carbocycles. The van der Waals surface area contributed by atoms with Crippen LogP contribution >= 0.6 is 0 Å². The summed E-state index contributed by atoms with van der Waals surface area (Å²) in [7, 11) is 0. The molecule has 0 aliphatic carbocycles. The SMILES string of the molecule is O=C(Cn1c(-c2ccccc2)cc2cccc(F)c21)NCc1ccccn1. The van der Waals surface area contributed by atoms with Crippen molar-refractivity contribution in [2.75, 3.05) is 0 Å². The summed E-state index contributed by atoms with van der Waals surface area (Å²) in [4.78, 5) is 16.7. The predicted molar refractivity (Wildman–Crippen MR) is 103 cm³/mol. The topological polar surface area (TPSA) is 46.9 Å². The van der Waals surface area contributed by atoms with E-state index in [-0.39, 0.29) is 18.3 Å². The highest BCUT2D eigenvalue weighted by molar-refractivity contribution is 5.89. The van der Waals surface area contributed by atoms with Gasteiger partial charge in [-0.25, -0.2) is 4.39 Å². The van der Waals surface area contributed by atoms with E-state index in [0.717, 1.165) is 22.3 Å². The summed E-state index contributed by atoms with van der Waals surface area (Å²) in [6.45, 7) is 0.365. The van der Waals surface area contributed by atoms with Crippen LogP contribution in [0, 0.1) is 5.82 Å². The van der Waals surface area contributed by atoms with Crippen molar-refractivity contribution >= 4 is 16.8 Å². The van der Waals surface area contributed by atoms with Crippen LogP contribution in [-0.2, 0) is 17.9 Å². The van der Waals surface area contributed by atoms with Crippen molar-refractivity contribution in [1.29, 1.82) is 0 Å². The average molecular weight is 359 g/mol. The fraction of sp³-hybridized carbons (Fsp3) is 0.0909. The fourth-order valence-electron chi connectivity index (χ4n) is 3.18. The van der Waals surface area contributed by atoms with Crippen molar-refractivity contribution in [3.8, 4) is 11.3 Å². The highest BCUT2D eigenvalue weighted by Gasteiger charge is 2.16. The van der Waals surface area contributed by atoms with E-state index in [0.29, 0.717) is 12.1 Å². The maximum atomic E-state index is 14.5. The third-order valence-corrected chi connectivity index (χ3v) is 4.44. The summed E-state index contributed by atoms with van der Waals surface area (Å²) in [6, 6.07) is 22.1. The molecule has 5 heteroatoms. The molecule has 0 bridgehead atoms. The third kappa shape index (κ3) is 3.58. The molecule has 0 saturated carbocycles. The second-order valence-electron chi connectivity index (χ2n) is 6.26. The quantitative estimate of drug-likeness (QED) is 0.582. The third-order valence-electron chi connectivity index (χ3n) is 4.44. The number of aromatic nitrogens is 2. The van der Waals surface area contributed by atoms with E-state index in [9.17, 15) is 9.18 Å². The van der Waals surface area contributed by atoms with Crippen LogP contribution in [0.2, 0.25) is 0 Å². The molecule has 0 aliphatic rings. The Hall–Kier alpha value is -3.47. The van der Waals surface area contributed by atoms with E-state index < -0.39 is 0 Å². The molecule has 4 rings (SSSR count). The van der Waals surface area contributed by atoms with E-state index >= 15 is 0 Å². The van der Waals surface area contributed by atoms with Crippen LogP contribution in [-0.4, -0.2) is 15.5 Å². The lowest BCUT2D eigenvalue weighted by Crippen LogP contribution is -2.27. The monoisotopic (exact) mass is 359 g/mol. The van der Waals surface area contributed by atoms with Gasteiger partial charge in [0.15, 0.2) is 0 Å². The fourth-order valence-corrected chi connectivity index (χ4v) is 3.18. The normalized spacial score (nSPS) is 10.9. The number of amides is 1. The predicted octanol–water partition coefficient (Wildman–Crippen LogP) is 4.16. The Morgan fingerprint density at radius 3 is 2.59 bits per heavy atom. The number of carbonyl (C=O) groups excluding carboxylic acids is 1. The zero-order chi connectivity index (χ0) is 18.6. The first kappa shape index (κ1) is 17.0. The first-order chi connectivity index (χ1) is 13.2. The van der Waals surface area contributed by atoms with E-state index in [2.05, 4.69) is 10.3 Å². The summed E-state index contributed by atoms with van der Waals surface area (Å²) in [6.07, 6.45) is 1.68. The molecule has 0 saturated heterocycles. The van der Waals surface area contributed by atoms with Crippen molar-refractivity contribution in [3.05, 3.63) is 90.5 Å². The molecule has 4 aromatic rings. The molecule has 1 amide bonds. The highest BCUT2D eigenvalue weighted by Crippen LogP contribution is 2.29. The number of rotatable bonds is 5. The largest absolute Gasteiger partial charge is 0.349 e. The summed E-state index contributed by atoms with van der Waals surface area (Å²) < 4.78 is 16.2. The molecular formula is C22H18FN3O. The average Bonchev–Trinajstić information content (AvgIpc) is 3.07. The molecule has 4 nitrogen and oxygen atoms in total. The lowest BCUT2D eigenvalue weighted by atomic mass is 10.1. The molecular weight excluding hydrogens is 341 g/mol. The van der Waals surface area contributed by atoms with Gasteiger partial charge >= 0.3 is 0 Å². The second kappa shape index (κ2) is 7.41. The van der Waals surface area contributed by atoms with Crippen molar-refractivity contribution in [2.24, 2.45) is 0 Å². The minimum absolute atomic E-state index is 0.0293. The summed E-state index contributed by atoms with van der Waals surface area (Å²) in [5.41, 5.74) is 2.95. The standard InChI is InChI=1S/C22H18FN3O/c23-19-11-6-9-17-13-20(16-7-2-1-3-8-16)26(22(17)19)15-21(27)25-14-18-10-4-5-12-24-18/h1-13H,14-15H2,(H,25,27). The molecule has 0 spiro atoms. The first-order valence-corrected chi connectivity index (χ1v) is 8.72. The number of nitrogens with one attached hydrogen (secondary N) is 1. The van der Waals surface area contributed by atoms with Gasteiger partial charge < -0.3 is 9.88 Å². The molecule has 2 aromatic heterocycles. The van der Waals surface area contributed by atoms with Crippen LogP contribution in [0.1, 0.15) is 5.69 Å². The Morgan fingerprint density at radius 1 is 1.00 bits per heavy atom. The number of benzene rings is 2. The number of hydrogen-bond donors (Lipinski definition) is 1. The molecule has 0 aliphatic heterocycles. The van der Waals surface area contributed by atoms with Gasteiger partial charge in [-0.3, -0.25) is 9.78 Å². The molecule has 1 N–H and O–H groups in total. The van der Waals surface area contributed by atoms with Crippen LogP contribution in [0.3, 0.4) is 0 Å². The Morgan fingerprint density at radius 2 is 1.81 bits per heavy atom. The van der Waals surface area contributed by atoms with Crippen LogP contribution < -0.4 is 5.32 Å². The van der Waals surface area contributed by atoms with Gasteiger partial charge in [-0.05, 0) is 29.8 Å². The van der Waals surface area contributed by atoms with Gasteiger partial charge in [0, 0.05) is 17.3 Å². The van der Waals surface area contributed by atoms with Crippen molar-refractivity contribution in [3.63, 3.8) is 0 Å². The Bertz CT molecular complexity index is 1070. The minimum Gasteiger partial charge on any atom is -0.349 e. The summed E-state index contributed by atoms with van der Waals surface area (Å²) in [5, 5.41) is 3.63. The zero-order valence-electron chi connectivity index (χ0n) is 14.6. The maximum absolute atomic E-state index is 14.5. The van der Waals surface area contributed by atoms with Crippen LogP contribution in [0.5, 0.6) is 0 Å². The molecule has 27 heavy (non-hydrogen) atoms. The van der Waals surface area contributed by atoms with E-state index in [4.69, 9.17) is 0 Å². The smallest absolute Gasteiger partial charge is 0.240 e. The Balaban J connectivity index is 1.66. The lowest BCUT2D eigenvalue weighted by molar-refractivity contribution is -0.121. The first-order valence-electron chi connectivity index (χ1n) is 8.72. The van der Waals surface area contributed by atoms with Crippen LogP contribution in [0.25, 0.3) is 22.2 Å². The van der Waals surface area contributed by atoms with Gasteiger partial charge in [-0.2, -0.15) is 0 Å². The van der Waals surface area contributed by atoms with Crippen LogP contribution in [0.15, 0.2) is 79.0 Å². The van der Waals surface area contributed by atoms with Crippen molar-refractivity contribution in [1.82, 2.24) is 14.9 Å². The van der Waals surface area contributed by atoms with Gasteiger partial charge in [-0.15, -0.1) is 0 Å². The van der Waals surface area contributed by atoms with Crippen LogP contribution in [0.4, 0.5) is 4.39 Å². The van der Waals surface area contributed by atoms with Crippen molar-refractivity contribution < 1.29 is 9.18 Å². The van der Waals surface area contributed by atoms with E-state index in [1.807, 2.05) is 60.7 Å². The Labute approximate surface area is 156 Å². The molecule has 2 heterocycles. The molecule has 0 radical (unpaired) electrons. The number of pyridine rings is 1. The number of hydrogen-bond acceptors (Lipinski definition) is 2. The number of para-hydroxylation sites is 1. The number of fused-ring (bicyclic) bond motifs is 1.